The number of nitrogens with zero attached hydrogens (tertiary/aromatic N) is 3. The quantitative estimate of drug-likeness (QED) is 0.829. The largest absolute Gasteiger partial charge is 0.487 e. The number of amides is 1. The van der Waals surface area contributed by atoms with Gasteiger partial charge in [-0.3, -0.25) is 4.79 Å². The van der Waals surface area contributed by atoms with Crippen molar-refractivity contribution >= 4 is 17.5 Å². The summed E-state index contributed by atoms with van der Waals surface area (Å²) in [5.74, 6) is 0.996. The molecule has 26 heavy (non-hydrogen) atoms. The van der Waals surface area contributed by atoms with Gasteiger partial charge in [0.05, 0.1) is 0 Å². The third-order valence-electron chi connectivity index (χ3n) is 4.15. The van der Waals surface area contributed by atoms with E-state index in [1.165, 1.54) is 11.9 Å². The van der Waals surface area contributed by atoms with Crippen LogP contribution in [0.5, 0.6) is 5.75 Å². The zero-order chi connectivity index (χ0) is 18.7. The second-order valence-corrected chi connectivity index (χ2v) is 6.36. The number of rotatable bonds is 5. The number of carbonyl (C=O) groups is 1. The molecule has 0 aliphatic carbocycles. The summed E-state index contributed by atoms with van der Waals surface area (Å²) < 4.78 is 11.7. The van der Waals surface area contributed by atoms with Crippen LogP contribution >= 0.6 is 0 Å². The Morgan fingerprint density at radius 2 is 1.88 bits per heavy atom. The van der Waals surface area contributed by atoms with Crippen LogP contribution in [0.4, 0.5) is 5.69 Å². The van der Waals surface area contributed by atoms with E-state index in [-0.39, 0.29) is 12.5 Å². The van der Waals surface area contributed by atoms with E-state index in [0.29, 0.717) is 5.90 Å². The fraction of sp³-hybridized carbons (Fsp3) is 0.300. The lowest BCUT2D eigenvalue weighted by atomic mass is 10.2. The standard InChI is InChI=1S/C20H23N3O3/c1-14-7-5-6-8-18(14)25-13-19-23(15(2)24)21-20(26-19)16-9-11-17(12-10-16)22(3)4/h5-12,19H,13H2,1-4H3/t19-/m1/s1. The van der Waals surface area contributed by atoms with Crippen LogP contribution in [0.1, 0.15) is 18.1 Å². The minimum Gasteiger partial charge on any atom is -0.487 e. The van der Waals surface area contributed by atoms with Crippen molar-refractivity contribution in [2.45, 2.75) is 20.1 Å². The summed E-state index contributed by atoms with van der Waals surface area (Å²) in [5.41, 5.74) is 2.93. The average molecular weight is 353 g/mol. The van der Waals surface area contributed by atoms with Crippen LogP contribution < -0.4 is 9.64 Å². The lowest BCUT2D eigenvalue weighted by Gasteiger charge is -2.20. The molecular weight excluding hydrogens is 330 g/mol. The monoisotopic (exact) mass is 353 g/mol. The van der Waals surface area contributed by atoms with Gasteiger partial charge in [-0.15, -0.1) is 5.10 Å². The molecule has 6 nitrogen and oxygen atoms in total. The van der Waals surface area contributed by atoms with Crippen molar-refractivity contribution in [3.8, 4) is 5.75 Å². The molecule has 1 aliphatic rings. The van der Waals surface area contributed by atoms with Gasteiger partial charge in [-0.25, -0.2) is 0 Å². The second kappa shape index (κ2) is 7.47. The summed E-state index contributed by atoms with van der Waals surface area (Å²) in [6, 6.07) is 15.6. The van der Waals surface area contributed by atoms with E-state index in [1.54, 1.807) is 0 Å². The number of hydrogen-bond donors (Lipinski definition) is 0. The van der Waals surface area contributed by atoms with Crippen LogP contribution in [0.3, 0.4) is 0 Å². The summed E-state index contributed by atoms with van der Waals surface area (Å²) in [6.07, 6.45) is -0.587. The fourth-order valence-corrected chi connectivity index (χ4v) is 2.65. The molecule has 0 aromatic heterocycles. The molecule has 0 radical (unpaired) electrons. The molecule has 136 valence electrons. The number of ether oxygens (including phenoxy) is 2. The highest BCUT2D eigenvalue weighted by atomic mass is 16.6. The van der Waals surface area contributed by atoms with Crippen molar-refractivity contribution in [1.82, 2.24) is 5.01 Å². The number of para-hydroxylation sites is 1. The number of hydrogen-bond acceptors (Lipinski definition) is 5. The molecule has 0 N–H and O–H groups in total. The molecule has 0 saturated carbocycles. The number of aryl methyl sites for hydroxylation is 1. The van der Waals surface area contributed by atoms with Crippen LogP contribution in [-0.4, -0.2) is 43.7 Å². The second-order valence-electron chi connectivity index (χ2n) is 6.36. The van der Waals surface area contributed by atoms with Gasteiger partial charge in [0.1, 0.15) is 12.4 Å². The predicted octanol–water partition coefficient (Wildman–Crippen LogP) is 3.01. The highest BCUT2D eigenvalue weighted by Crippen LogP contribution is 2.22. The first kappa shape index (κ1) is 17.8. The SMILES string of the molecule is CC(=O)N1N=C(c2ccc(N(C)C)cc2)O[C@@H]1COc1ccccc1C. The molecule has 0 spiro atoms. The maximum atomic E-state index is 11.9. The van der Waals surface area contributed by atoms with Crippen molar-refractivity contribution < 1.29 is 14.3 Å². The first-order chi connectivity index (χ1) is 12.5. The molecule has 1 amide bonds. The Morgan fingerprint density at radius 3 is 2.50 bits per heavy atom. The zero-order valence-electron chi connectivity index (χ0n) is 15.5. The highest BCUT2D eigenvalue weighted by molar-refractivity contribution is 5.96. The van der Waals surface area contributed by atoms with E-state index < -0.39 is 6.23 Å². The summed E-state index contributed by atoms with van der Waals surface area (Å²) >= 11 is 0. The van der Waals surface area contributed by atoms with Gasteiger partial charge >= 0.3 is 0 Å². The topological polar surface area (TPSA) is 54.4 Å². The third kappa shape index (κ3) is 3.79. The van der Waals surface area contributed by atoms with Crippen LogP contribution in [0.2, 0.25) is 0 Å². The van der Waals surface area contributed by atoms with Crippen LogP contribution in [0, 0.1) is 6.92 Å². The molecule has 1 aliphatic heterocycles. The van der Waals surface area contributed by atoms with E-state index >= 15 is 0 Å². The third-order valence-corrected chi connectivity index (χ3v) is 4.15. The maximum Gasteiger partial charge on any atom is 0.243 e. The maximum absolute atomic E-state index is 11.9. The van der Waals surface area contributed by atoms with Crippen molar-refractivity contribution in [3.05, 3.63) is 59.7 Å². The van der Waals surface area contributed by atoms with Gasteiger partial charge in [-0.05, 0) is 42.8 Å². The van der Waals surface area contributed by atoms with Gasteiger partial charge in [0.15, 0.2) is 0 Å². The van der Waals surface area contributed by atoms with E-state index in [2.05, 4.69) is 5.10 Å². The van der Waals surface area contributed by atoms with Gasteiger partial charge in [0.2, 0.25) is 18.0 Å². The van der Waals surface area contributed by atoms with Crippen molar-refractivity contribution in [1.29, 1.82) is 0 Å². The molecule has 0 unspecified atom stereocenters. The number of benzene rings is 2. The first-order valence-electron chi connectivity index (χ1n) is 8.47. The van der Waals surface area contributed by atoms with Crippen LogP contribution in [0.15, 0.2) is 53.6 Å². The molecule has 1 heterocycles. The Morgan fingerprint density at radius 1 is 1.19 bits per heavy atom. The van der Waals surface area contributed by atoms with Gasteiger partial charge in [-0.1, -0.05) is 18.2 Å². The molecule has 0 bridgehead atoms. The molecule has 2 aromatic carbocycles. The number of anilines is 1. The molecule has 1 atom stereocenters. The Kier molecular flexibility index (Phi) is 5.11. The summed E-state index contributed by atoms with van der Waals surface area (Å²) in [4.78, 5) is 13.9. The summed E-state index contributed by atoms with van der Waals surface area (Å²) in [6.45, 7) is 3.64. The Hall–Kier alpha value is -3.02. The normalized spacial score (nSPS) is 16.1. The molecule has 3 rings (SSSR count). The van der Waals surface area contributed by atoms with Gasteiger partial charge in [0, 0.05) is 32.3 Å². The van der Waals surface area contributed by atoms with Crippen LogP contribution in [-0.2, 0) is 9.53 Å². The lowest BCUT2D eigenvalue weighted by Crippen LogP contribution is -2.36. The van der Waals surface area contributed by atoms with Crippen molar-refractivity contribution in [3.63, 3.8) is 0 Å². The van der Waals surface area contributed by atoms with Crippen molar-refractivity contribution in [2.75, 3.05) is 25.6 Å². The summed E-state index contributed by atoms with van der Waals surface area (Å²) in [7, 11) is 3.96. The minimum atomic E-state index is -0.587. The molecule has 2 aromatic rings. The predicted molar refractivity (Wildman–Crippen MR) is 101 cm³/mol. The van der Waals surface area contributed by atoms with E-state index in [1.807, 2.05) is 74.4 Å². The van der Waals surface area contributed by atoms with E-state index in [0.717, 1.165) is 22.6 Å². The smallest absolute Gasteiger partial charge is 0.243 e. The van der Waals surface area contributed by atoms with Gasteiger partial charge in [-0.2, -0.15) is 5.01 Å². The van der Waals surface area contributed by atoms with Gasteiger partial charge < -0.3 is 14.4 Å². The van der Waals surface area contributed by atoms with Crippen LogP contribution in [0.25, 0.3) is 0 Å². The Balaban J connectivity index is 1.73. The highest BCUT2D eigenvalue weighted by Gasteiger charge is 2.32. The first-order valence-corrected chi connectivity index (χ1v) is 8.47. The average Bonchev–Trinajstić information content (AvgIpc) is 3.06. The van der Waals surface area contributed by atoms with E-state index in [4.69, 9.17) is 9.47 Å². The molecule has 0 fully saturated rings. The number of hydrazone groups is 1. The zero-order valence-corrected chi connectivity index (χ0v) is 15.5. The summed E-state index contributed by atoms with van der Waals surface area (Å²) in [5, 5.41) is 5.66. The van der Waals surface area contributed by atoms with E-state index in [9.17, 15) is 4.79 Å². The Bertz CT molecular complexity index is 815. The minimum absolute atomic E-state index is 0.191. The Labute approximate surface area is 153 Å². The van der Waals surface area contributed by atoms with Gasteiger partial charge in [0.25, 0.3) is 0 Å². The number of carbonyl (C=O) groups excluding carboxylic acids is 1. The van der Waals surface area contributed by atoms with Crippen molar-refractivity contribution in [2.24, 2.45) is 5.10 Å². The fourth-order valence-electron chi connectivity index (χ4n) is 2.65. The molecule has 6 heteroatoms. The molecule has 0 saturated heterocycles. The molecular formula is C20H23N3O3. The lowest BCUT2D eigenvalue weighted by molar-refractivity contribution is -0.136.